The zero-order valence-electron chi connectivity index (χ0n) is 18.8. The zero-order chi connectivity index (χ0) is 25.5. The third-order valence-corrected chi connectivity index (χ3v) is 4.84. The van der Waals surface area contributed by atoms with E-state index in [9.17, 15) is 10.1 Å². The Balaban J connectivity index is 0.000000509. The third-order valence-electron chi connectivity index (χ3n) is 4.84. The Labute approximate surface area is 198 Å². The van der Waals surface area contributed by atoms with E-state index in [1.807, 2.05) is 42.8 Å². The Morgan fingerprint density at radius 2 is 1.80 bits per heavy atom. The Bertz CT molecular complexity index is 1230. The molecule has 1 aliphatic heterocycles. The number of nitro benzene ring substituents is 1. The SMILES string of the molecule is CCOc1ccc(-c2cnc(NCc3cc4c(cc3[N+](=O)[O-])OCO4)n2C)cc1.O=C(O)C(=O)O. The number of nitro groups is 1. The molecule has 0 bridgehead atoms. The van der Waals surface area contributed by atoms with Gasteiger partial charge in [-0.25, -0.2) is 14.6 Å². The van der Waals surface area contributed by atoms with Gasteiger partial charge in [0.2, 0.25) is 12.7 Å². The summed E-state index contributed by atoms with van der Waals surface area (Å²) in [6.45, 7) is 2.84. The maximum absolute atomic E-state index is 11.4. The molecular weight excluding hydrogens is 464 g/mol. The van der Waals surface area contributed by atoms with Crippen molar-refractivity contribution in [1.29, 1.82) is 0 Å². The van der Waals surface area contributed by atoms with Gasteiger partial charge in [-0.05, 0) is 37.3 Å². The van der Waals surface area contributed by atoms with Gasteiger partial charge in [-0.1, -0.05) is 0 Å². The molecule has 0 saturated heterocycles. The highest BCUT2D eigenvalue weighted by Gasteiger charge is 2.23. The van der Waals surface area contributed by atoms with Crippen LogP contribution in [-0.4, -0.2) is 50.0 Å². The number of aromatic nitrogens is 2. The van der Waals surface area contributed by atoms with Crippen molar-refractivity contribution < 1.29 is 38.9 Å². The van der Waals surface area contributed by atoms with Crippen molar-refractivity contribution in [2.24, 2.45) is 7.05 Å². The van der Waals surface area contributed by atoms with Gasteiger partial charge in [0.1, 0.15) is 5.75 Å². The summed E-state index contributed by atoms with van der Waals surface area (Å²) in [6.07, 6.45) is 1.76. The monoisotopic (exact) mass is 486 g/mol. The maximum atomic E-state index is 11.4. The van der Waals surface area contributed by atoms with Crippen molar-refractivity contribution in [2.45, 2.75) is 13.5 Å². The molecule has 0 saturated carbocycles. The number of imidazole rings is 1. The first-order valence-corrected chi connectivity index (χ1v) is 10.2. The Kier molecular flexibility index (Phi) is 7.71. The number of nitrogens with zero attached hydrogens (tertiary/aromatic N) is 3. The third kappa shape index (κ3) is 5.96. The summed E-state index contributed by atoms with van der Waals surface area (Å²) in [5.74, 6) is -1.35. The van der Waals surface area contributed by atoms with Gasteiger partial charge in [-0.15, -0.1) is 0 Å². The predicted octanol–water partition coefficient (Wildman–Crippen LogP) is 2.89. The fraction of sp³-hybridized carbons (Fsp3) is 0.227. The predicted molar refractivity (Wildman–Crippen MR) is 122 cm³/mol. The van der Waals surface area contributed by atoms with Crippen LogP contribution in [0, 0.1) is 10.1 Å². The topological polar surface area (TPSA) is 175 Å². The molecule has 0 aliphatic carbocycles. The number of carboxylic acid groups (broad SMARTS) is 2. The van der Waals surface area contributed by atoms with E-state index in [1.165, 1.54) is 6.07 Å². The number of nitrogens with one attached hydrogen (secondary N) is 1. The summed E-state index contributed by atoms with van der Waals surface area (Å²) >= 11 is 0. The molecule has 1 aliphatic rings. The lowest BCUT2D eigenvalue weighted by atomic mass is 10.1. The first kappa shape index (κ1) is 24.8. The van der Waals surface area contributed by atoms with E-state index < -0.39 is 16.9 Å². The molecule has 4 rings (SSSR count). The van der Waals surface area contributed by atoms with E-state index in [1.54, 1.807) is 12.3 Å². The summed E-state index contributed by atoms with van der Waals surface area (Å²) in [5, 5.41) is 29.4. The van der Waals surface area contributed by atoms with Crippen LogP contribution in [0.3, 0.4) is 0 Å². The highest BCUT2D eigenvalue weighted by Crippen LogP contribution is 2.38. The highest BCUT2D eigenvalue weighted by molar-refractivity contribution is 6.27. The van der Waals surface area contributed by atoms with Gasteiger partial charge in [0.15, 0.2) is 11.5 Å². The molecule has 0 fully saturated rings. The van der Waals surface area contributed by atoms with Gasteiger partial charge in [-0.3, -0.25) is 10.1 Å². The van der Waals surface area contributed by atoms with Gasteiger partial charge in [-0.2, -0.15) is 0 Å². The van der Waals surface area contributed by atoms with Crippen molar-refractivity contribution in [2.75, 3.05) is 18.7 Å². The molecule has 184 valence electrons. The Morgan fingerprint density at radius 1 is 1.17 bits per heavy atom. The van der Waals surface area contributed by atoms with Gasteiger partial charge >= 0.3 is 11.9 Å². The number of aliphatic carboxylic acids is 2. The average molecular weight is 486 g/mol. The van der Waals surface area contributed by atoms with Crippen LogP contribution in [0.4, 0.5) is 11.6 Å². The highest BCUT2D eigenvalue weighted by atomic mass is 16.7. The molecule has 0 radical (unpaired) electrons. The minimum atomic E-state index is -1.82. The van der Waals surface area contributed by atoms with Crippen molar-refractivity contribution >= 4 is 23.6 Å². The van der Waals surface area contributed by atoms with Crippen LogP contribution in [-0.2, 0) is 23.2 Å². The number of benzene rings is 2. The quantitative estimate of drug-likeness (QED) is 0.254. The largest absolute Gasteiger partial charge is 0.494 e. The number of carboxylic acids is 2. The van der Waals surface area contributed by atoms with Gasteiger partial charge in [0.05, 0.1) is 35.1 Å². The zero-order valence-corrected chi connectivity index (χ0v) is 18.8. The fourth-order valence-corrected chi connectivity index (χ4v) is 3.19. The summed E-state index contributed by atoms with van der Waals surface area (Å²) in [4.78, 5) is 33.6. The number of fused-ring (bicyclic) bond motifs is 1. The number of rotatable bonds is 7. The van der Waals surface area contributed by atoms with Crippen molar-refractivity contribution in [3.63, 3.8) is 0 Å². The van der Waals surface area contributed by atoms with E-state index in [4.69, 9.17) is 34.0 Å². The smallest absolute Gasteiger partial charge is 0.414 e. The molecule has 0 atom stereocenters. The Morgan fingerprint density at radius 3 is 2.37 bits per heavy atom. The normalized spacial score (nSPS) is 11.3. The van der Waals surface area contributed by atoms with Crippen molar-refractivity contribution in [3.05, 3.63) is 58.3 Å². The second-order valence-corrected chi connectivity index (χ2v) is 7.04. The number of hydrogen-bond acceptors (Lipinski definition) is 9. The van der Waals surface area contributed by atoms with Crippen LogP contribution in [0.25, 0.3) is 11.3 Å². The second kappa shape index (κ2) is 10.9. The van der Waals surface area contributed by atoms with Gasteiger partial charge in [0.25, 0.3) is 5.69 Å². The van der Waals surface area contributed by atoms with E-state index in [0.717, 1.165) is 17.0 Å². The van der Waals surface area contributed by atoms with Crippen LogP contribution >= 0.6 is 0 Å². The Hall–Kier alpha value is -4.81. The lowest BCUT2D eigenvalue weighted by Crippen LogP contribution is -2.09. The van der Waals surface area contributed by atoms with Crippen molar-refractivity contribution in [1.82, 2.24) is 9.55 Å². The average Bonchev–Trinajstić information content (AvgIpc) is 3.44. The number of anilines is 1. The fourth-order valence-electron chi connectivity index (χ4n) is 3.19. The molecule has 3 aromatic rings. The number of carbonyl (C=O) groups is 2. The summed E-state index contributed by atoms with van der Waals surface area (Å²) in [7, 11) is 1.88. The van der Waals surface area contributed by atoms with Crippen LogP contribution in [0.2, 0.25) is 0 Å². The first-order valence-electron chi connectivity index (χ1n) is 10.2. The molecule has 2 heterocycles. The van der Waals surface area contributed by atoms with Crippen molar-refractivity contribution in [3.8, 4) is 28.5 Å². The van der Waals surface area contributed by atoms with Crippen LogP contribution in [0.15, 0.2) is 42.6 Å². The number of hydrogen-bond donors (Lipinski definition) is 3. The summed E-state index contributed by atoms with van der Waals surface area (Å²) < 4.78 is 17.9. The lowest BCUT2D eigenvalue weighted by Gasteiger charge is -2.10. The maximum Gasteiger partial charge on any atom is 0.414 e. The number of ether oxygens (including phenoxy) is 3. The first-order chi connectivity index (χ1) is 16.7. The lowest BCUT2D eigenvalue weighted by molar-refractivity contribution is -0.385. The molecule has 0 spiro atoms. The van der Waals surface area contributed by atoms with Crippen LogP contribution in [0.5, 0.6) is 17.2 Å². The molecule has 0 amide bonds. The minimum absolute atomic E-state index is 0.0253. The standard InChI is InChI=1S/C20H20N4O5.C2H2O4/c1-3-27-15-6-4-13(5-7-15)17-11-22-20(23(17)2)21-10-14-8-18-19(29-12-28-18)9-16(14)24(25)26;3-1(4)2(5)6/h4-9,11H,3,10,12H2,1-2H3,(H,21,22);(H,3,4)(H,5,6). The van der Waals surface area contributed by atoms with E-state index in [0.29, 0.717) is 29.6 Å². The summed E-state index contributed by atoms with van der Waals surface area (Å²) in [5.41, 5.74) is 2.37. The second-order valence-electron chi connectivity index (χ2n) is 7.04. The molecule has 0 unspecified atom stereocenters. The molecule has 2 aromatic carbocycles. The molecular formula is C22H22N4O9. The van der Waals surface area contributed by atoms with E-state index >= 15 is 0 Å². The molecule has 1 aromatic heterocycles. The van der Waals surface area contributed by atoms with Crippen LogP contribution in [0.1, 0.15) is 12.5 Å². The molecule has 3 N–H and O–H groups in total. The molecule has 35 heavy (non-hydrogen) atoms. The summed E-state index contributed by atoms with van der Waals surface area (Å²) in [6, 6.07) is 10.8. The molecule has 13 nitrogen and oxygen atoms in total. The minimum Gasteiger partial charge on any atom is -0.494 e. The van der Waals surface area contributed by atoms with E-state index in [-0.39, 0.29) is 19.0 Å². The molecule has 13 heteroatoms. The van der Waals surface area contributed by atoms with E-state index in [2.05, 4.69) is 10.3 Å². The van der Waals surface area contributed by atoms with Gasteiger partial charge < -0.3 is 34.3 Å². The van der Waals surface area contributed by atoms with Crippen LogP contribution < -0.4 is 19.5 Å². The van der Waals surface area contributed by atoms with Gasteiger partial charge in [0, 0.05) is 19.2 Å².